The minimum Gasteiger partial charge on any atom is -0.283 e. The third kappa shape index (κ3) is 2.47. The van der Waals surface area contributed by atoms with Gasteiger partial charge in [-0.25, -0.2) is 0 Å². The molecule has 2 nitrogen and oxygen atoms in total. The topological polar surface area (TPSA) is 15.6 Å². The Hall–Kier alpha value is 0.330. The summed E-state index contributed by atoms with van der Waals surface area (Å²) in [5.74, 6) is 4.68. The third-order valence-corrected chi connectivity index (χ3v) is 6.29. The first-order chi connectivity index (χ1) is 6.77. The summed E-state index contributed by atoms with van der Waals surface area (Å²) in [4.78, 5) is 4.70. The number of nitrogens with zero attached hydrogens (tertiary/aromatic N) is 2. The quantitative estimate of drug-likeness (QED) is 0.752. The maximum absolute atomic E-state index is 4.70. The molecule has 0 amide bonds. The summed E-state index contributed by atoms with van der Waals surface area (Å²) in [6.07, 6.45) is 1.23. The van der Waals surface area contributed by atoms with Crippen molar-refractivity contribution >= 4 is 27.9 Å². The van der Waals surface area contributed by atoms with Crippen LogP contribution >= 0.6 is 22.8 Å². The van der Waals surface area contributed by atoms with Gasteiger partial charge in [0.2, 0.25) is 0 Å². The predicted molar refractivity (Wildman–Crippen MR) is 69.6 cm³/mol. The Labute approximate surface area is 94.0 Å². The number of hydrogen-bond donors (Lipinski definition) is 1. The average molecular weight is 232 g/mol. The first-order valence-corrected chi connectivity index (χ1v) is 8.04. The summed E-state index contributed by atoms with van der Waals surface area (Å²) in [6, 6.07) is 0. The van der Waals surface area contributed by atoms with Crippen molar-refractivity contribution in [1.29, 1.82) is 0 Å². The van der Waals surface area contributed by atoms with E-state index < -0.39 is 0 Å². The van der Waals surface area contributed by atoms with Crippen LogP contribution in [0.4, 0.5) is 0 Å². The van der Waals surface area contributed by atoms with Crippen LogP contribution in [0.1, 0.15) is 20.3 Å². The summed E-state index contributed by atoms with van der Waals surface area (Å²) in [5, 5.41) is 1.54. The Morgan fingerprint density at radius 2 is 2.43 bits per heavy atom. The third-order valence-electron chi connectivity index (χ3n) is 2.57. The number of thioether (sulfide) groups is 1. The molecule has 82 valence electrons. The summed E-state index contributed by atoms with van der Waals surface area (Å²) in [7, 11) is 0. The van der Waals surface area contributed by atoms with E-state index in [1.165, 1.54) is 35.4 Å². The zero-order chi connectivity index (χ0) is 9.97. The molecular formula is C10H20N2S2. The van der Waals surface area contributed by atoms with Gasteiger partial charge in [0.1, 0.15) is 0 Å². The van der Waals surface area contributed by atoms with Crippen LogP contribution in [0.2, 0.25) is 0 Å². The first kappa shape index (κ1) is 10.8. The van der Waals surface area contributed by atoms with E-state index in [9.17, 15) is 0 Å². The van der Waals surface area contributed by atoms with Gasteiger partial charge in [-0.1, -0.05) is 13.8 Å². The van der Waals surface area contributed by atoms with Crippen LogP contribution in [0.5, 0.6) is 0 Å². The fraction of sp³-hybridized carbons (Fsp3) is 0.900. The fourth-order valence-electron chi connectivity index (χ4n) is 1.92. The second-order valence-electron chi connectivity index (χ2n) is 4.29. The summed E-state index contributed by atoms with van der Waals surface area (Å²) in [6.45, 7) is 6.99. The molecular weight excluding hydrogens is 212 g/mol. The van der Waals surface area contributed by atoms with Crippen LogP contribution in [0.25, 0.3) is 0 Å². The molecule has 2 heterocycles. The van der Waals surface area contributed by atoms with Crippen molar-refractivity contribution in [2.24, 2.45) is 10.9 Å². The average Bonchev–Trinajstić information content (AvgIpc) is 2.70. The molecule has 0 radical (unpaired) electrons. The zero-order valence-corrected chi connectivity index (χ0v) is 10.8. The molecule has 14 heavy (non-hydrogen) atoms. The highest BCUT2D eigenvalue weighted by Crippen LogP contribution is 2.41. The van der Waals surface area contributed by atoms with Gasteiger partial charge in [-0.3, -0.25) is 9.30 Å². The number of rotatable bonds is 3. The molecule has 1 fully saturated rings. The Morgan fingerprint density at radius 1 is 1.57 bits per heavy atom. The first-order valence-electron chi connectivity index (χ1n) is 5.41. The minimum absolute atomic E-state index is 0.0203. The van der Waals surface area contributed by atoms with Crippen molar-refractivity contribution in [3.8, 4) is 0 Å². The number of hydrogen-bond acceptors (Lipinski definition) is 3. The Morgan fingerprint density at radius 3 is 3.07 bits per heavy atom. The van der Waals surface area contributed by atoms with E-state index in [2.05, 4.69) is 29.9 Å². The largest absolute Gasteiger partial charge is 0.283 e. The van der Waals surface area contributed by atoms with Crippen LogP contribution in [0, 0.1) is 5.92 Å². The summed E-state index contributed by atoms with van der Waals surface area (Å²) < 4.78 is 2.67. The molecule has 0 spiro atoms. The molecule has 0 bridgehead atoms. The SMILES string of the molecule is CC(C)CC1=NCC[SH]1N1CCSC1. The van der Waals surface area contributed by atoms with Gasteiger partial charge >= 0.3 is 0 Å². The zero-order valence-electron chi connectivity index (χ0n) is 9.07. The Balaban J connectivity index is 1.94. The highest BCUT2D eigenvalue weighted by atomic mass is 32.2. The van der Waals surface area contributed by atoms with Gasteiger partial charge in [0, 0.05) is 24.6 Å². The van der Waals surface area contributed by atoms with Crippen molar-refractivity contribution in [3.05, 3.63) is 0 Å². The monoisotopic (exact) mass is 232 g/mol. The molecule has 2 aliphatic heterocycles. The molecule has 2 aliphatic rings. The van der Waals surface area contributed by atoms with Crippen molar-refractivity contribution < 1.29 is 0 Å². The summed E-state index contributed by atoms with van der Waals surface area (Å²) in [5.41, 5.74) is 0. The van der Waals surface area contributed by atoms with Gasteiger partial charge in [-0.15, -0.1) is 11.8 Å². The van der Waals surface area contributed by atoms with Gasteiger partial charge in [0.05, 0.1) is 10.9 Å². The lowest BCUT2D eigenvalue weighted by molar-refractivity contribution is 0.607. The highest BCUT2D eigenvalue weighted by molar-refractivity contribution is 8.28. The number of aliphatic imine (C=N–C) groups is 1. The van der Waals surface area contributed by atoms with Gasteiger partial charge in [0.25, 0.3) is 0 Å². The minimum atomic E-state index is 0.0203. The molecule has 0 N–H and O–H groups in total. The molecule has 0 aliphatic carbocycles. The van der Waals surface area contributed by atoms with Crippen LogP contribution in [-0.2, 0) is 0 Å². The smallest absolute Gasteiger partial charge is 0.0606 e. The highest BCUT2D eigenvalue weighted by Gasteiger charge is 2.26. The van der Waals surface area contributed by atoms with Crippen molar-refractivity contribution in [3.63, 3.8) is 0 Å². The Bertz CT molecular complexity index is 222. The van der Waals surface area contributed by atoms with Gasteiger partial charge in [-0.05, 0) is 12.3 Å². The maximum Gasteiger partial charge on any atom is 0.0606 e. The lowest BCUT2D eigenvalue weighted by Gasteiger charge is -2.28. The van der Waals surface area contributed by atoms with E-state index in [1.54, 1.807) is 0 Å². The van der Waals surface area contributed by atoms with Crippen LogP contribution < -0.4 is 0 Å². The van der Waals surface area contributed by atoms with Gasteiger partial charge in [-0.2, -0.15) is 11.1 Å². The van der Waals surface area contributed by atoms with E-state index in [0.717, 1.165) is 12.5 Å². The second kappa shape index (κ2) is 4.90. The lowest BCUT2D eigenvalue weighted by atomic mass is 10.1. The molecule has 2 rings (SSSR count). The molecule has 1 unspecified atom stereocenters. The fourth-order valence-corrected chi connectivity index (χ4v) is 6.01. The molecule has 1 saturated heterocycles. The maximum atomic E-state index is 4.70. The summed E-state index contributed by atoms with van der Waals surface area (Å²) >= 11 is 2.10. The van der Waals surface area contributed by atoms with Crippen molar-refractivity contribution in [2.45, 2.75) is 20.3 Å². The van der Waals surface area contributed by atoms with E-state index in [0.29, 0.717) is 0 Å². The second-order valence-corrected chi connectivity index (χ2v) is 7.69. The van der Waals surface area contributed by atoms with E-state index in [4.69, 9.17) is 4.99 Å². The number of thiol groups is 1. The Kier molecular flexibility index (Phi) is 3.79. The molecule has 0 aromatic heterocycles. The van der Waals surface area contributed by atoms with E-state index in [1.807, 2.05) is 0 Å². The van der Waals surface area contributed by atoms with Gasteiger partial charge < -0.3 is 0 Å². The molecule has 4 heteroatoms. The van der Waals surface area contributed by atoms with Crippen LogP contribution in [0.15, 0.2) is 4.99 Å². The normalized spacial score (nSPS) is 31.4. The molecule has 0 saturated carbocycles. The predicted octanol–water partition coefficient (Wildman–Crippen LogP) is 2.37. The van der Waals surface area contributed by atoms with Crippen molar-refractivity contribution in [1.82, 2.24) is 4.31 Å². The van der Waals surface area contributed by atoms with Crippen LogP contribution in [0.3, 0.4) is 0 Å². The van der Waals surface area contributed by atoms with Crippen molar-refractivity contribution in [2.75, 3.05) is 30.5 Å². The van der Waals surface area contributed by atoms with E-state index in [-0.39, 0.29) is 11.1 Å². The van der Waals surface area contributed by atoms with E-state index >= 15 is 0 Å². The molecule has 0 aromatic rings. The molecule has 0 aromatic carbocycles. The lowest BCUT2D eigenvalue weighted by Crippen LogP contribution is -2.21. The van der Waals surface area contributed by atoms with Crippen LogP contribution in [-0.4, -0.2) is 39.8 Å². The van der Waals surface area contributed by atoms with Gasteiger partial charge in [0.15, 0.2) is 0 Å². The molecule has 1 atom stereocenters. The standard InChI is InChI=1S/C10H20N2S2/c1-9(2)7-10-11-3-6-14(10)12-4-5-13-8-12/h9,14H,3-8H2,1-2H3.